The second kappa shape index (κ2) is 7.90. The smallest absolute Gasteiger partial charge is 0.274 e. The zero-order valence-electron chi connectivity index (χ0n) is 13.8. The molecule has 1 aliphatic rings. The van der Waals surface area contributed by atoms with Crippen molar-refractivity contribution >= 4 is 11.7 Å². The molecule has 5 nitrogen and oxygen atoms in total. The molecule has 1 heterocycles. The van der Waals surface area contributed by atoms with Gasteiger partial charge < -0.3 is 11.1 Å². The van der Waals surface area contributed by atoms with Gasteiger partial charge in [-0.25, -0.2) is 9.97 Å². The Balaban J connectivity index is 1.76. The van der Waals surface area contributed by atoms with E-state index in [9.17, 15) is 4.79 Å². The van der Waals surface area contributed by atoms with Crippen LogP contribution in [0.3, 0.4) is 0 Å². The van der Waals surface area contributed by atoms with Gasteiger partial charge in [0.05, 0.1) is 6.04 Å². The second-order valence-electron chi connectivity index (χ2n) is 6.47. The van der Waals surface area contributed by atoms with E-state index in [1.54, 1.807) is 0 Å². The van der Waals surface area contributed by atoms with Crippen LogP contribution in [-0.4, -0.2) is 15.9 Å². The number of anilines is 1. The van der Waals surface area contributed by atoms with Crippen LogP contribution in [0, 0.1) is 5.92 Å². The highest BCUT2D eigenvalue weighted by Crippen LogP contribution is 2.32. The third kappa shape index (κ3) is 4.10. The van der Waals surface area contributed by atoms with E-state index in [2.05, 4.69) is 27.4 Å². The topological polar surface area (TPSA) is 80.9 Å². The van der Waals surface area contributed by atoms with E-state index in [4.69, 9.17) is 5.73 Å². The Labute approximate surface area is 142 Å². The molecule has 0 bridgehead atoms. The highest BCUT2D eigenvalue weighted by atomic mass is 16.2. The molecular formula is C19H24N4O. The predicted molar refractivity (Wildman–Crippen MR) is 94.3 cm³/mol. The third-order valence-corrected chi connectivity index (χ3v) is 4.74. The van der Waals surface area contributed by atoms with Crippen molar-refractivity contribution in [2.24, 2.45) is 5.92 Å². The highest BCUT2D eigenvalue weighted by Gasteiger charge is 2.23. The van der Waals surface area contributed by atoms with Crippen LogP contribution in [0.15, 0.2) is 42.7 Å². The van der Waals surface area contributed by atoms with Crippen LogP contribution in [0.5, 0.6) is 0 Å². The number of nitrogens with one attached hydrogen (secondary N) is 1. The quantitative estimate of drug-likeness (QED) is 0.882. The number of nitrogens with zero attached hydrogens (tertiary/aromatic N) is 2. The summed E-state index contributed by atoms with van der Waals surface area (Å²) in [7, 11) is 0. The normalized spacial score (nSPS) is 16.5. The molecule has 3 rings (SSSR count). The number of carbonyl (C=O) groups is 1. The largest absolute Gasteiger partial charge is 0.382 e. The lowest BCUT2D eigenvalue weighted by Crippen LogP contribution is -2.31. The average molecular weight is 324 g/mol. The van der Waals surface area contributed by atoms with E-state index in [1.807, 2.05) is 18.2 Å². The Morgan fingerprint density at radius 1 is 1.12 bits per heavy atom. The lowest BCUT2D eigenvalue weighted by Gasteiger charge is -2.27. The number of amides is 1. The van der Waals surface area contributed by atoms with Crippen LogP contribution in [0.4, 0.5) is 5.82 Å². The minimum Gasteiger partial charge on any atom is -0.382 e. The Morgan fingerprint density at radius 2 is 1.83 bits per heavy atom. The van der Waals surface area contributed by atoms with Gasteiger partial charge in [0.25, 0.3) is 5.91 Å². The van der Waals surface area contributed by atoms with Gasteiger partial charge in [0, 0.05) is 12.4 Å². The van der Waals surface area contributed by atoms with E-state index >= 15 is 0 Å². The Morgan fingerprint density at radius 3 is 2.54 bits per heavy atom. The van der Waals surface area contributed by atoms with Crippen LogP contribution in [0.1, 0.15) is 60.6 Å². The first-order valence-electron chi connectivity index (χ1n) is 8.66. The van der Waals surface area contributed by atoms with Gasteiger partial charge in [-0.3, -0.25) is 4.79 Å². The molecule has 3 N–H and O–H groups in total. The molecule has 0 radical (unpaired) electrons. The molecule has 1 atom stereocenters. The van der Waals surface area contributed by atoms with Crippen LogP contribution in [0.25, 0.3) is 0 Å². The molecule has 5 heteroatoms. The van der Waals surface area contributed by atoms with Crippen molar-refractivity contribution in [3.8, 4) is 0 Å². The van der Waals surface area contributed by atoms with Gasteiger partial charge in [-0.2, -0.15) is 0 Å². The molecule has 0 spiro atoms. The van der Waals surface area contributed by atoms with E-state index < -0.39 is 0 Å². The summed E-state index contributed by atoms with van der Waals surface area (Å²) in [5.41, 5.74) is 7.11. The zero-order chi connectivity index (χ0) is 16.8. The summed E-state index contributed by atoms with van der Waals surface area (Å²) in [5.74, 6) is 0.563. The fraction of sp³-hybridized carbons (Fsp3) is 0.421. The first-order chi connectivity index (χ1) is 11.7. The van der Waals surface area contributed by atoms with Crippen molar-refractivity contribution in [1.29, 1.82) is 0 Å². The first-order valence-corrected chi connectivity index (χ1v) is 8.66. The third-order valence-electron chi connectivity index (χ3n) is 4.74. The van der Waals surface area contributed by atoms with Crippen molar-refractivity contribution in [1.82, 2.24) is 15.3 Å². The summed E-state index contributed by atoms with van der Waals surface area (Å²) < 4.78 is 0. The van der Waals surface area contributed by atoms with Crippen LogP contribution >= 0.6 is 0 Å². The van der Waals surface area contributed by atoms with Crippen molar-refractivity contribution in [2.45, 2.75) is 44.6 Å². The summed E-state index contributed by atoms with van der Waals surface area (Å²) in [6.07, 6.45) is 10.3. The fourth-order valence-electron chi connectivity index (χ4n) is 3.47. The summed E-state index contributed by atoms with van der Waals surface area (Å²) in [6, 6.07) is 10.1. The van der Waals surface area contributed by atoms with Crippen LogP contribution in [-0.2, 0) is 0 Å². The molecule has 1 aromatic carbocycles. The number of nitrogens with two attached hydrogens (primary N) is 1. The van der Waals surface area contributed by atoms with Gasteiger partial charge in [0.2, 0.25) is 0 Å². The predicted octanol–water partition coefficient (Wildman–Crippen LogP) is 3.50. The highest BCUT2D eigenvalue weighted by molar-refractivity contribution is 5.96. The van der Waals surface area contributed by atoms with Gasteiger partial charge in [0.15, 0.2) is 11.5 Å². The zero-order valence-corrected chi connectivity index (χ0v) is 13.8. The number of aromatic nitrogens is 2. The molecule has 2 aromatic rings. The molecule has 1 fully saturated rings. The summed E-state index contributed by atoms with van der Waals surface area (Å²) in [6.45, 7) is 0. The molecule has 126 valence electrons. The Kier molecular flexibility index (Phi) is 5.41. The molecule has 1 aromatic heterocycles. The molecule has 0 saturated heterocycles. The molecule has 1 aliphatic carbocycles. The van der Waals surface area contributed by atoms with Crippen LogP contribution in [0.2, 0.25) is 0 Å². The van der Waals surface area contributed by atoms with Crippen molar-refractivity contribution in [3.63, 3.8) is 0 Å². The van der Waals surface area contributed by atoms with Crippen molar-refractivity contribution < 1.29 is 4.79 Å². The molecular weight excluding hydrogens is 300 g/mol. The second-order valence-corrected chi connectivity index (χ2v) is 6.47. The summed E-state index contributed by atoms with van der Waals surface area (Å²) in [4.78, 5) is 20.6. The maximum absolute atomic E-state index is 12.6. The molecule has 1 amide bonds. The van der Waals surface area contributed by atoms with Gasteiger partial charge in [-0.05, 0) is 17.9 Å². The fourth-order valence-corrected chi connectivity index (χ4v) is 3.47. The minimum absolute atomic E-state index is 0.0248. The number of benzene rings is 1. The number of nitrogen functional groups attached to an aromatic ring is 1. The number of carbonyl (C=O) groups excluding carboxylic acids is 1. The number of rotatable bonds is 5. The van der Waals surface area contributed by atoms with Crippen LogP contribution < -0.4 is 11.1 Å². The molecule has 24 heavy (non-hydrogen) atoms. The van der Waals surface area contributed by atoms with E-state index in [0.29, 0.717) is 5.92 Å². The maximum Gasteiger partial charge on any atom is 0.274 e. The molecule has 0 aliphatic heterocycles. The molecule has 1 saturated carbocycles. The summed E-state index contributed by atoms with van der Waals surface area (Å²) >= 11 is 0. The number of hydrogen-bond acceptors (Lipinski definition) is 4. The van der Waals surface area contributed by atoms with E-state index in [0.717, 1.165) is 12.0 Å². The Bertz CT molecular complexity index is 668. The number of hydrogen-bond donors (Lipinski definition) is 2. The Hall–Kier alpha value is -2.43. The van der Waals surface area contributed by atoms with E-state index in [1.165, 1.54) is 44.5 Å². The van der Waals surface area contributed by atoms with Gasteiger partial charge in [-0.1, -0.05) is 62.4 Å². The summed E-state index contributed by atoms with van der Waals surface area (Å²) in [5, 5.41) is 3.12. The molecule has 1 unspecified atom stereocenters. The van der Waals surface area contributed by atoms with Gasteiger partial charge >= 0.3 is 0 Å². The standard InChI is InChI=1S/C19H24N4O/c20-18-17(21-11-12-22-18)19(24)23-16(15-9-5-2-6-10-15)13-14-7-3-1-4-8-14/h2,5-6,9-12,14,16H,1,3-4,7-8,13H2,(H2,20,22)(H,23,24). The van der Waals surface area contributed by atoms with E-state index in [-0.39, 0.29) is 23.5 Å². The average Bonchev–Trinajstić information content (AvgIpc) is 2.63. The van der Waals surface area contributed by atoms with Gasteiger partial charge in [-0.15, -0.1) is 0 Å². The van der Waals surface area contributed by atoms with Gasteiger partial charge in [0.1, 0.15) is 0 Å². The monoisotopic (exact) mass is 324 g/mol. The lowest BCUT2D eigenvalue weighted by molar-refractivity contribution is 0.0924. The van der Waals surface area contributed by atoms with Crippen molar-refractivity contribution in [2.75, 3.05) is 5.73 Å². The first kappa shape index (κ1) is 16.4. The minimum atomic E-state index is -0.259. The van der Waals surface area contributed by atoms with Crippen molar-refractivity contribution in [3.05, 3.63) is 54.0 Å². The lowest BCUT2D eigenvalue weighted by atomic mass is 9.83. The maximum atomic E-state index is 12.6. The SMILES string of the molecule is Nc1nccnc1C(=O)NC(CC1CCCCC1)c1ccccc1.